The van der Waals surface area contributed by atoms with Crippen molar-refractivity contribution in [2.24, 2.45) is 11.8 Å². The van der Waals surface area contributed by atoms with Crippen LogP contribution in [0.4, 0.5) is 0 Å². The zero-order valence-electron chi connectivity index (χ0n) is 14.3. The number of aromatic nitrogens is 1. The van der Waals surface area contributed by atoms with Crippen LogP contribution in [0, 0.1) is 25.7 Å². The SMILES string of the molecule is Cc1nc(S[C@H](C(=O)N[C@H]2CCCC[C@@H]2C)C(C)C)oc1C. The molecule has 1 aromatic rings. The fraction of sp³-hybridized carbons (Fsp3) is 0.765. The van der Waals surface area contributed by atoms with Gasteiger partial charge in [-0.2, -0.15) is 0 Å². The molecule has 0 radical (unpaired) electrons. The zero-order chi connectivity index (χ0) is 16.3. The Balaban J connectivity index is 2.01. The normalized spacial score (nSPS) is 23.5. The Bertz CT molecular complexity index is 493. The molecule has 1 fully saturated rings. The Morgan fingerprint density at radius 3 is 2.55 bits per heavy atom. The van der Waals surface area contributed by atoms with Crippen LogP contribution in [-0.2, 0) is 4.79 Å². The van der Waals surface area contributed by atoms with Crippen molar-refractivity contribution in [2.45, 2.75) is 76.8 Å². The molecule has 1 saturated carbocycles. The van der Waals surface area contributed by atoms with E-state index in [2.05, 4.69) is 31.1 Å². The number of oxazole rings is 1. The Hall–Kier alpha value is -0.970. The number of nitrogens with one attached hydrogen (secondary N) is 1. The molecule has 1 amide bonds. The Kier molecular flexibility index (Phi) is 5.95. The van der Waals surface area contributed by atoms with Gasteiger partial charge in [0.1, 0.15) is 5.76 Å². The fourth-order valence-electron chi connectivity index (χ4n) is 2.89. The number of hydrogen-bond acceptors (Lipinski definition) is 4. The van der Waals surface area contributed by atoms with Gasteiger partial charge in [-0.15, -0.1) is 0 Å². The maximum absolute atomic E-state index is 12.7. The van der Waals surface area contributed by atoms with E-state index in [1.54, 1.807) is 0 Å². The number of rotatable bonds is 5. The Labute approximate surface area is 137 Å². The van der Waals surface area contributed by atoms with Gasteiger partial charge >= 0.3 is 0 Å². The maximum Gasteiger partial charge on any atom is 0.256 e. The summed E-state index contributed by atoms with van der Waals surface area (Å²) in [6.07, 6.45) is 4.81. The van der Waals surface area contributed by atoms with Gasteiger partial charge in [0.2, 0.25) is 5.91 Å². The van der Waals surface area contributed by atoms with Crippen LogP contribution in [0.15, 0.2) is 9.64 Å². The molecular weight excluding hydrogens is 296 g/mol. The molecule has 124 valence electrons. The summed E-state index contributed by atoms with van der Waals surface area (Å²) in [5.74, 6) is 1.75. The molecule has 0 aromatic carbocycles. The fourth-order valence-corrected chi connectivity index (χ4v) is 3.92. The lowest BCUT2D eigenvalue weighted by molar-refractivity contribution is -0.122. The molecule has 1 heterocycles. The predicted octanol–water partition coefficient (Wildman–Crippen LogP) is 4.10. The number of aryl methyl sites for hydroxylation is 2. The van der Waals surface area contributed by atoms with E-state index in [4.69, 9.17) is 4.42 Å². The molecule has 3 atom stereocenters. The van der Waals surface area contributed by atoms with Crippen LogP contribution >= 0.6 is 11.8 Å². The summed E-state index contributed by atoms with van der Waals surface area (Å²) in [7, 11) is 0. The Morgan fingerprint density at radius 1 is 1.32 bits per heavy atom. The van der Waals surface area contributed by atoms with Gasteiger partial charge in [-0.1, -0.05) is 45.4 Å². The van der Waals surface area contributed by atoms with Crippen molar-refractivity contribution in [2.75, 3.05) is 0 Å². The number of thioether (sulfide) groups is 1. The lowest BCUT2D eigenvalue weighted by atomic mass is 9.86. The summed E-state index contributed by atoms with van der Waals surface area (Å²) in [6.45, 7) is 10.2. The smallest absolute Gasteiger partial charge is 0.256 e. The number of carbonyl (C=O) groups is 1. The summed E-state index contributed by atoms with van der Waals surface area (Å²) in [5, 5.41) is 3.70. The van der Waals surface area contributed by atoms with E-state index in [0.29, 0.717) is 17.2 Å². The molecule has 0 spiro atoms. The highest BCUT2D eigenvalue weighted by molar-refractivity contribution is 8.00. The second-order valence-electron chi connectivity index (χ2n) is 6.78. The highest BCUT2D eigenvalue weighted by atomic mass is 32.2. The van der Waals surface area contributed by atoms with Crippen LogP contribution in [0.1, 0.15) is 57.9 Å². The van der Waals surface area contributed by atoms with Crippen molar-refractivity contribution < 1.29 is 9.21 Å². The van der Waals surface area contributed by atoms with Crippen LogP contribution in [0.2, 0.25) is 0 Å². The highest BCUT2D eigenvalue weighted by Gasteiger charge is 2.30. The molecular formula is C17H28N2O2S. The van der Waals surface area contributed by atoms with Crippen molar-refractivity contribution in [3.63, 3.8) is 0 Å². The zero-order valence-corrected chi connectivity index (χ0v) is 15.1. The van der Waals surface area contributed by atoms with Gasteiger partial charge in [0.15, 0.2) is 0 Å². The first-order valence-electron chi connectivity index (χ1n) is 8.29. The van der Waals surface area contributed by atoms with Gasteiger partial charge in [0.25, 0.3) is 5.22 Å². The summed E-state index contributed by atoms with van der Waals surface area (Å²) < 4.78 is 5.63. The second kappa shape index (κ2) is 7.53. The van der Waals surface area contributed by atoms with E-state index in [1.807, 2.05) is 13.8 Å². The third kappa shape index (κ3) is 4.28. The maximum atomic E-state index is 12.7. The molecule has 0 aliphatic heterocycles. The number of nitrogens with zero attached hydrogens (tertiary/aromatic N) is 1. The third-order valence-corrected chi connectivity index (χ3v) is 5.93. The highest BCUT2D eigenvalue weighted by Crippen LogP contribution is 2.30. The van der Waals surface area contributed by atoms with Gasteiger partial charge in [0, 0.05) is 6.04 Å². The van der Waals surface area contributed by atoms with Crippen LogP contribution in [0.3, 0.4) is 0 Å². The molecule has 1 aromatic heterocycles. The van der Waals surface area contributed by atoms with E-state index in [0.717, 1.165) is 17.9 Å². The minimum absolute atomic E-state index is 0.118. The number of carbonyl (C=O) groups excluding carboxylic acids is 1. The van der Waals surface area contributed by atoms with Crippen LogP contribution < -0.4 is 5.32 Å². The standard InChI is InChI=1S/C17H28N2O2S/c1-10(2)15(22-17-18-12(4)13(5)21-17)16(20)19-14-9-7-6-8-11(14)3/h10-11,14-15H,6-9H2,1-5H3,(H,19,20)/t11-,14-,15-/m0/s1. The van der Waals surface area contributed by atoms with E-state index in [1.165, 1.54) is 31.0 Å². The third-order valence-electron chi connectivity index (χ3n) is 4.54. The van der Waals surface area contributed by atoms with Crippen molar-refractivity contribution in [1.29, 1.82) is 0 Å². The minimum Gasteiger partial charge on any atom is -0.437 e. The molecule has 1 aliphatic rings. The summed E-state index contributed by atoms with van der Waals surface area (Å²) in [6, 6.07) is 0.316. The topological polar surface area (TPSA) is 55.1 Å². The van der Waals surface area contributed by atoms with Crippen molar-refractivity contribution >= 4 is 17.7 Å². The van der Waals surface area contributed by atoms with Gasteiger partial charge in [-0.3, -0.25) is 4.79 Å². The molecule has 5 heteroatoms. The summed E-state index contributed by atoms with van der Waals surface area (Å²) in [5.41, 5.74) is 0.895. The van der Waals surface area contributed by atoms with Crippen molar-refractivity contribution in [3.8, 4) is 0 Å². The van der Waals surface area contributed by atoms with E-state index in [-0.39, 0.29) is 17.1 Å². The quantitative estimate of drug-likeness (QED) is 0.828. The van der Waals surface area contributed by atoms with Gasteiger partial charge in [0.05, 0.1) is 10.9 Å². The minimum atomic E-state index is -0.161. The first-order valence-corrected chi connectivity index (χ1v) is 9.17. The molecule has 1 N–H and O–H groups in total. The lowest BCUT2D eigenvalue weighted by Gasteiger charge is -2.31. The first-order chi connectivity index (χ1) is 10.4. The van der Waals surface area contributed by atoms with E-state index < -0.39 is 0 Å². The monoisotopic (exact) mass is 324 g/mol. The average molecular weight is 324 g/mol. The Morgan fingerprint density at radius 2 is 2.00 bits per heavy atom. The molecule has 22 heavy (non-hydrogen) atoms. The number of hydrogen-bond donors (Lipinski definition) is 1. The summed E-state index contributed by atoms with van der Waals surface area (Å²) >= 11 is 1.44. The van der Waals surface area contributed by atoms with Gasteiger partial charge in [-0.25, -0.2) is 4.98 Å². The second-order valence-corrected chi connectivity index (χ2v) is 7.87. The van der Waals surface area contributed by atoms with E-state index in [9.17, 15) is 4.79 Å². The lowest BCUT2D eigenvalue weighted by Crippen LogP contribution is -2.46. The van der Waals surface area contributed by atoms with Crippen LogP contribution in [0.25, 0.3) is 0 Å². The average Bonchev–Trinajstić information content (AvgIpc) is 2.77. The summed E-state index contributed by atoms with van der Waals surface area (Å²) in [4.78, 5) is 17.1. The van der Waals surface area contributed by atoms with Gasteiger partial charge < -0.3 is 9.73 Å². The number of amides is 1. The molecule has 4 nitrogen and oxygen atoms in total. The largest absolute Gasteiger partial charge is 0.437 e. The van der Waals surface area contributed by atoms with Gasteiger partial charge in [-0.05, 0) is 38.5 Å². The predicted molar refractivity (Wildman–Crippen MR) is 90.0 cm³/mol. The molecule has 0 bridgehead atoms. The van der Waals surface area contributed by atoms with Crippen LogP contribution in [-0.4, -0.2) is 22.2 Å². The van der Waals surface area contributed by atoms with E-state index >= 15 is 0 Å². The molecule has 0 unspecified atom stereocenters. The molecule has 0 saturated heterocycles. The first kappa shape index (κ1) is 17.4. The molecule has 1 aliphatic carbocycles. The van der Waals surface area contributed by atoms with Crippen molar-refractivity contribution in [3.05, 3.63) is 11.5 Å². The van der Waals surface area contributed by atoms with Crippen LogP contribution in [0.5, 0.6) is 0 Å². The van der Waals surface area contributed by atoms with Crippen molar-refractivity contribution in [1.82, 2.24) is 10.3 Å². The molecule has 2 rings (SSSR count).